The molecular formula is C21H23F3N2O4. The number of aliphatic hydroxyl groups excluding tert-OH is 1. The summed E-state index contributed by atoms with van der Waals surface area (Å²) in [6, 6.07) is 2.59. The van der Waals surface area contributed by atoms with Gasteiger partial charge >= 0.3 is 12.1 Å². The van der Waals surface area contributed by atoms with E-state index in [4.69, 9.17) is 11.5 Å². The molecule has 0 aliphatic rings. The van der Waals surface area contributed by atoms with Crippen LogP contribution in [0.2, 0.25) is 0 Å². The summed E-state index contributed by atoms with van der Waals surface area (Å²) in [5, 5.41) is 20.9. The van der Waals surface area contributed by atoms with Crippen molar-refractivity contribution in [2.24, 2.45) is 4.99 Å². The number of carboxylic acid groups (broad SMARTS) is 1. The molecule has 1 aromatic carbocycles. The number of aliphatic carboxylic acids is 1. The first-order valence-electron chi connectivity index (χ1n) is 8.56. The van der Waals surface area contributed by atoms with E-state index in [9.17, 15) is 27.9 Å². The number of nitrogens with zero attached hydrogens (tertiary/aromatic N) is 1. The van der Waals surface area contributed by atoms with Gasteiger partial charge in [-0.2, -0.15) is 13.2 Å². The molecule has 0 spiro atoms. The number of terminal acetylenes is 1. The maximum absolute atomic E-state index is 13.0. The number of allylic oxidation sites excluding steroid dienone is 2. The Morgan fingerprint density at radius 1 is 1.23 bits per heavy atom. The van der Waals surface area contributed by atoms with Crippen molar-refractivity contribution in [1.82, 2.24) is 5.32 Å². The molecule has 0 unspecified atom stereocenters. The molecule has 0 saturated heterocycles. The lowest BCUT2D eigenvalue weighted by atomic mass is 9.94. The van der Waals surface area contributed by atoms with Crippen LogP contribution in [0, 0.1) is 12.3 Å². The third-order valence-corrected chi connectivity index (χ3v) is 3.73. The lowest BCUT2D eigenvalue weighted by molar-refractivity contribution is -0.138. The van der Waals surface area contributed by atoms with Crippen LogP contribution >= 0.6 is 0 Å². The number of benzene rings is 1. The van der Waals surface area contributed by atoms with Crippen molar-refractivity contribution in [3.8, 4) is 12.3 Å². The molecule has 0 fully saturated rings. The third-order valence-electron chi connectivity index (χ3n) is 3.73. The van der Waals surface area contributed by atoms with Gasteiger partial charge < -0.3 is 20.5 Å². The number of rotatable bonds is 5. The van der Waals surface area contributed by atoms with Crippen LogP contribution in [-0.2, 0) is 15.8 Å². The van der Waals surface area contributed by atoms with Crippen molar-refractivity contribution >= 4 is 29.4 Å². The highest BCUT2D eigenvalue weighted by atomic mass is 19.4. The highest BCUT2D eigenvalue weighted by Gasteiger charge is 2.31. The summed E-state index contributed by atoms with van der Waals surface area (Å²) in [4.78, 5) is 26.1. The van der Waals surface area contributed by atoms with Crippen LogP contribution in [0.3, 0.4) is 0 Å². The van der Waals surface area contributed by atoms with Crippen molar-refractivity contribution < 1.29 is 33.0 Å². The smallest absolute Gasteiger partial charge is 0.416 e. The van der Waals surface area contributed by atoms with Crippen LogP contribution in [-0.4, -0.2) is 41.9 Å². The van der Waals surface area contributed by atoms with Crippen LogP contribution < -0.4 is 5.32 Å². The number of carboxylic acids is 1. The molecule has 3 N–H and O–H groups in total. The zero-order valence-corrected chi connectivity index (χ0v) is 17.0. The van der Waals surface area contributed by atoms with Gasteiger partial charge in [-0.05, 0) is 50.3 Å². The quantitative estimate of drug-likeness (QED) is 0.289. The standard InChI is InChI=1S/C18H16F3NO4.C3H7N/c1-4-10(3)14-8-11(18(19,20)21)6-7-13(14)16(25)12(5-2)17(26)22-9-15(23)24;1-3-4-2/h2,4,6-8,25H,9H2,1,3H3,(H,22,26)(H,23,24);3H,1-2H3/b10-4-,16-12-;. The molecule has 1 amide bonds. The number of carbonyl (C=O) groups excluding carboxylic acids is 1. The average Bonchev–Trinajstić information content (AvgIpc) is 2.71. The van der Waals surface area contributed by atoms with E-state index in [-0.39, 0.29) is 11.1 Å². The zero-order chi connectivity index (χ0) is 23.5. The van der Waals surface area contributed by atoms with Gasteiger partial charge in [0, 0.05) is 12.6 Å². The van der Waals surface area contributed by atoms with Gasteiger partial charge in [0.1, 0.15) is 17.9 Å². The van der Waals surface area contributed by atoms with E-state index in [2.05, 4.69) is 4.99 Å². The van der Waals surface area contributed by atoms with Crippen LogP contribution in [0.5, 0.6) is 0 Å². The van der Waals surface area contributed by atoms with E-state index in [0.717, 1.165) is 18.2 Å². The number of hydrogen-bond acceptors (Lipinski definition) is 4. The first-order chi connectivity index (χ1) is 13.9. The second kappa shape index (κ2) is 12.1. The first-order valence-corrected chi connectivity index (χ1v) is 8.56. The number of nitrogens with one attached hydrogen (secondary N) is 1. The third kappa shape index (κ3) is 7.83. The molecular weight excluding hydrogens is 401 g/mol. The molecule has 0 radical (unpaired) electrons. The summed E-state index contributed by atoms with van der Waals surface area (Å²) >= 11 is 0. The SMILES string of the molecule is C#C/C(C(=O)NCC(=O)O)=C(/O)c1ccc(C(F)(F)F)cc1/C(C)=C\C.CC=NC. The molecule has 0 aliphatic carbocycles. The highest BCUT2D eigenvalue weighted by Crippen LogP contribution is 2.34. The summed E-state index contributed by atoms with van der Waals surface area (Å²) < 4.78 is 38.9. The minimum absolute atomic E-state index is 0.0404. The summed E-state index contributed by atoms with van der Waals surface area (Å²) in [7, 11) is 1.75. The molecule has 0 bridgehead atoms. The fourth-order valence-electron chi connectivity index (χ4n) is 2.03. The number of aliphatic imine (C=N–C) groups is 1. The van der Waals surface area contributed by atoms with Crippen molar-refractivity contribution in [3.63, 3.8) is 0 Å². The van der Waals surface area contributed by atoms with Gasteiger partial charge in [-0.3, -0.25) is 9.59 Å². The van der Waals surface area contributed by atoms with Gasteiger partial charge in [0.25, 0.3) is 5.91 Å². The molecule has 162 valence electrons. The minimum atomic E-state index is -4.59. The zero-order valence-electron chi connectivity index (χ0n) is 17.0. The normalized spacial score (nSPS) is 12.4. The van der Waals surface area contributed by atoms with Gasteiger partial charge in [0.05, 0.1) is 5.56 Å². The van der Waals surface area contributed by atoms with Crippen molar-refractivity contribution in [2.45, 2.75) is 26.9 Å². The number of carbonyl (C=O) groups is 2. The van der Waals surface area contributed by atoms with Crippen LogP contribution in [0.1, 0.15) is 37.5 Å². The maximum Gasteiger partial charge on any atom is 0.416 e. The van der Waals surface area contributed by atoms with Crippen LogP contribution in [0.25, 0.3) is 11.3 Å². The summed E-state index contributed by atoms with van der Waals surface area (Å²) in [6.45, 7) is 4.29. The van der Waals surface area contributed by atoms with Crippen LogP contribution in [0.15, 0.2) is 34.8 Å². The molecule has 9 heteroatoms. The maximum atomic E-state index is 13.0. The summed E-state index contributed by atoms with van der Waals surface area (Å²) in [5.41, 5.74) is -1.13. The highest BCUT2D eigenvalue weighted by molar-refractivity contribution is 6.05. The Balaban J connectivity index is 0.00000192. The topological polar surface area (TPSA) is 99.0 Å². The molecule has 0 aliphatic heterocycles. The second-order valence-corrected chi connectivity index (χ2v) is 5.69. The molecule has 30 heavy (non-hydrogen) atoms. The minimum Gasteiger partial charge on any atom is -0.506 e. The largest absolute Gasteiger partial charge is 0.506 e. The number of hydrogen-bond donors (Lipinski definition) is 3. The molecule has 0 saturated carbocycles. The Hall–Kier alpha value is -3.54. The summed E-state index contributed by atoms with van der Waals surface area (Å²) in [5.74, 6) is -1.14. The fraction of sp³-hybridized carbons (Fsp3) is 0.286. The van der Waals surface area contributed by atoms with Gasteiger partial charge in [-0.1, -0.05) is 18.1 Å². The molecule has 0 atom stereocenters. The first kappa shape index (κ1) is 26.5. The number of aliphatic hydroxyl groups is 1. The fourth-order valence-corrected chi connectivity index (χ4v) is 2.03. The molecule has 1 rings (SSSR count). The van der Waals surface area contributed by atoms with E-state index < -0.39 is 41.5 Å². The monoisotopic (exact) mass is 424 g/mol. The molecule has 0 heterocycles. The van der Waals surface area contributed by atoms with E-state index in [1.807, 2.05) is 18.2 Å². The summed E-state index contributed by atoms with van der Waals surface area (Å²) in [6.07, 6.45) is 3.90. The Morgan fingerprint density at radius 2 is 1.80 bits per heavy atom. The number of alkyl halides is 3. The van der Waals surface area contributed by atoms with E-state index in [0.29, 0.717) is 5.57 Å². The average molecular weight is 424 g/mol. The van der Waals surface area contributed by atoms with Crippen molar-refractivity contribution in [3.05, 3.63) is 46.5 Å². The van der Waals surface area contributed by atoms with E-state index >= 15 is 0 Å². The Labute approximate surface area is 172 Å². The number of amides is 1. The predicted molar refractivity (Wildman–Crippen MR) is 110 cm³/mol. The van der Waals surface area contributed by atoms with Crippen LogP contribution in [0.4, 0.5) is 13.2 Å². The van der Waals surface area contributed by atoms with Crippen molar-refractivity contribution in [1.29, 1.82) is 0 Å². The van der Waals surface area contributed by atoms with Gasteiger partial charge in [0.2, 0.25) is 0 Å². The predicted octanol–water partition coefficient (Wildman–Crippen LogP) is 3.94. The Kier molecular flexibility index (Phi) is 10.7. The lowest BCUT2D eigenvalue weighted by Crippen LogP contribution is -2.30. The molecule has 1 aromatic rings. The Bertz CT molecular complexity index is 904. The van der Waals surface area contributed by atoms with Gasteiger partial charge in [0.15, 0.2) is 0 Å². The van der Waals surface area contributed by atoms with Gasteiger partial charge in [-0.15, -0.1) is 6.42 Å². The van der Waals surface area contributed by atoms with Crippen molar-refractivity contribution in [2.75, 3.05) is 13.6 Å². The van der Waals surface area contributed by atoms with E-state index in [1.165, 1.54) is 13.0 Å². The number of halogens is 3. The van der Waals surface area contributed by atoms with Gasteiger partial charge in [-0.25, -0.2) is 0 Å². The molecule has 6 nitrogen and oxygen atoms in total. The van der Waals surface area contributed by atoms with E-state index in [1.54, 1.807) is 20.2 Å². The Morgan fingerprint density at radius 3 is 2.20 bits per heavy atom. The molecule has 0 aromatic heterocycles. The second-order valence-electron chi connectivity index (χ2n) is 5.69. The lowest BCUT2D eigenvalue weighted by Gasteiger charge is -2.15.